The van der Waals surface area contributed by atoms with Crippen LogP contribution >= 0.6 is 7.75 Å². The number of nitrogens with one attached hydrogen (secondary N) is 1. The van der Waals surface area contributed by atoms with Crippen molar-refractivity contribution in [2.75, 3.05) is 12.3 Å². The molecule has 4 N–H and O–H groups in total. The number of rotatable bonds is 12. The van der Waals surface area contributed by atoms with Crippen molar-refractivity contribution in [2.45, 2.75) is 43.9 Å². The molecule has 12 nitrogen and oxygen atoms in total. The Labute approximate surface area is 253 Å². The number of esters is 1. The molecular weight excluding hydrogens is 587 g/mol. The van der Waals surface area contributed by atoms with Gasteiger partial charge in [-0.3, -0.25) is 13.9 Å². The molecule has 1 aliphatic heterocycles. The summed E-state index contributed by atoms with van der Waals surface area (Å²) in [5.41, 5.74) is 4.28. The van der Waals surface area contributed by atoms with Crippen LogP contribution in [-0.2, 0) is 30.0 Å². The second-order valence-electron chi connectivity index (χ2n) is 10.4. The molecule has 0 bridgehead atoms. The molecule has 1 unspecified atom stereocenters. The number of nitrogens with two attached hydrogens (primary N) is 1. The van der Waals surface area contributed by atoms with Gasteiger partial charge >= 0.3 is 19.4 Å². The van der Waals surface area contributed by atoms with E-state index in [2.05, 4.69) is 16.7 Å². The van der Waals surface area contributed by atoms with Gasteiger partial charge in [-0.2, -0.15) is 10.1 Å². The average Bonchev–Trinajstić information content (AvgIpc) is 3.36. The molecule has 13 heteroatoms. The lowest BCUT2D eigenvalue weighted by Crippen LogP contribution is -2.38. The summed E-state index contributed by atoms with van der Waals surface area (Å²) in [6, 6.07) is 22.0. The van der Waals surface area contributed by atoms with Crippen LogP contribution in [0.25, 0.3) is 10.8 Å². The summed E-state index contributed by atoms with van der Waals surface area (Å²) < 4.78 is 38.9. The van der Waals surface area contributed by atoms with E-state index in [0.29, 0.717) is 5.39 Å². The van der Waals surface area contributed by atoms with Gasteiger partial charge in [-0.1, -0.05) is 72.8 Å². The molecule has 5 atom stereocenters. The number of anilines is 1. The van der Waals surface area contributed by atoms with Crippen molar-refractivity contribution in [1.82, 2.24) is 14.6 Å². The van der Waals surface area contributed by atoms with Gasteiger partial charge in [0, 0.05) is 18.0 Å². The molecule has 0 aliphatic carbocycles. The van der Waals surface area contributed by atoms with E-state index < -0.39 is 50.0 Å². The van der Waals surface area contributed by atoms with Crippen LogP contribution in [0.3, 0.4) is 0 Å². The Morgan fingerprint density at radius 2 is 1.93 bits per heavy atom. The minimum absolute atomic E-state index is 0.0195. The molecule has 0 spiro atoms. The minimum Gasteiger partial charge on any atom is -0.460 e. The Balaban J connectivity index is 1.37. The summed E-state index contributed by atoms with van der Waals surface area (Å²) in [4.78, 5) is 29.0. The van der Waals surface area contributed by atoms with E-state index in [9.17, 15) is 19.3 Å². The van der Waals surface area contributed by atoms with Gasteiger partial charge in [-0.15, -0.1) is 6.58 Å². The van der Waals surface area contributed by atoms with E-state index in [0.717, 1.165) is 15.5 Å². The van der Waals surface area contributed by atoms with Gasteiger partial charge in [-0.05, 0) is 30.0 Å². The Hall–Kier alpha value is -4.32. The number of carbonyl (C=O) groups excluding carboxylic acids is 1. The topological polar surface area (TPSA) is 164 Å². The first-order valence-electron chi connectivity index (χ1n) is 13.8. The van der Waals surface area contributed by atoms with Crippen LogP contribution in [0, 0.1) is 0 Å². The first-order valence-corrected chi connectivity index (χ1v) is 15.4. The van der Waals surface area contributed by atoms with Crippen LogP contribution in [0.4, 0.5) is 5.82 Å². The number of carbonyl (C=O) groups is 1. The van der Waals surface area contributed by atoms with E-state index in [-0.39, 0.29) is 24.6 Å². The van der Waals surface area contributed by atoms with E-state index in [1.165, 1.54) is 25.3 Å². The Morgan fingerprint density at radius 1 is 1.20 bits per heavy atom. The van der Waals surface area contributed by atoms with Crippen molar-refractivity contribution in [3.05, 3.63) is 114 Å². The fraction of sp³-hybridized carbons (Fsp3) is 0.258. The monoisotopic (exact) mass is 620 g/mol. The number of aromatic nitrogens is 2. The second kappa shape index (κ2) is 13.1. The van der Waals surface area contributed by atoms with E-state index in [1.807, 2.05) is 54.6 Å². The standard InChI is InChI=1S/C31H33N4O8P/c1-3-31(18-25(36)28(42-31)35-17-16-27(32)33-30(35)38)20-41-44(39,43-26-15-9-13-23-12-7-8-14-24(23)26)34-21(2)29(37)40-19-22-10-5-4-6-11-22/h3-17,21,25,28,36H,1,18-20H2,2H3,(H,34,39)(H2,32,33,38)/t21-,25+,28+,31-,44?/m0/s1. The molecule has 1 saturated heterocycles. The highest BCUT2D eigenvalue weighted by Crippen LogP contribution is 2.49. The van der Waals surface area contributed by atoms with Crippen molar-refractivity contribution < 1.29 is 33.0 Å². The zero-order valence-electron chi connectivity index (χ0n) is 23.9. The van der Waals surface area contributed by atoms with E-state index in [4.69, 9.17) is 24.3 Å². The number of aliphatic hydroxyl groups is 1. The maximum atomic E-state index is 14.4. The molecule has 1 fully saturated rings. The molecule has 230 valence electrons. The van der Waals surface area contributed by atoms with Crippen LogP contribution in [0.2, 0.25) is 0 Å². The van der Waals surface area contributed by atoms with Crippen LogP contribution < -0.4 is 21.0 Å². The first kappa shape index (κ1) is 31.1. The third-order valence-corrected chi connectivity index (χ3v) is 8.72. The molecule has 44 heavy (non-hydrogen) atoms. The molecule has 5 rings (SSSR count). The van der Waals surface area contributed by atoms with Gasteiger partial charge in [0.2, 0.25) is 0 Å². The summed E-state index contributed by atoms with van der Waals surface area (Å²) >= 11 is 0. The molecule has 3 aromatic carbocycles. The molecule has 2 heterocycles. The zero-order chi connectivity index (χ0) is 31.3. The Kier molecular flexibility index (Phi) is 9.28. The third kappa shape index (κ3) is 7.07. The van der Waals surface area contributed by atoms with Gasteiger partial charge in [0.25, 0.3) is 0 Å². The largest absolute Gasteiger partial charge is 0.460 e. The van der Waals surface area contributed by atoms with Gasteiger partial charge < -0.3 is 24.8 Å². The highest BCUT2D eigenvalue weighted by molar-refractivity contribution is 7.52. The third-order valence-electron chi connectivity index (χ3n) is 7.11. The lowest BCUT2D eigenvalue weighted by Gasteiger charge is -2.29. The molecule has 1 aliphatic rings. The number of nitrogens with zero attached hydrogens (tertiary/aromatic N) is 2. The fourth-order valence-electron chi connectivity index (χ4n) is 4.80. The number of benzene rings is 3. The quantitative estimate of drug-likeness (QED) is 0.119. The summed E-state index contributed by atoms with van der Waals surface area (Å²) in [6.45, 7) is 4.90. The van der Waals surface area contributed by atoms with Crippen molar-refractivity contribution in [2.24, 2.45) is 0 Å². The zero-order valence-corrected chi connectivity index (χ0v) is 24.8. The molecule has 0 radical (unpaired) electrons. The highest BCUT2D eigenvalue weighted by atomic mass is 31.2. The summed E-state index contributed by atoms with van der Waals surface area (Å²) in [7, 11) is -4.34. The number of hydrogen-bond acceptors (Lipinski definition) is 10. The van der Waals surface area contributed by atoms with Crippen LogP contribution in [0.1, 0.15) is 25.1 Å². The van der Waals surface area contributed by atoms with Gasteiger partial charge in [0.05, 0.1) is 6.61 Å². The maximum absolute atomic E-state index is 14.4. The summed E-state index contributed by atoms with van der Waals surface area (Å²) in [5, 5.41) is 15.0. The van der Waals surface area contributed by atoms with Crippen LogP contribution in [0.5, 0.6) is 5.75 Å². The van der Waals surface area contributed by atoms with Gasteiger partial charge in [0.1, 0.15) is 35.9 Å². The van der Waals surface area contributed by atoms with Crippen molar-refractivity contribution >= 4 is 30.3 Å². The smallest absolute Gasteiger partial charge is 0.459 e. The second-order valence-corrected chi connectivity index (χ2v) is 12.1. The molecular formula is C31H33N4O8P. The molecule has 1 aromatic heterocycles. The number of fused-ring (bicyclic) bond motifs is 1. The Morgan fingerprint density at radius 3 is 2.68 bits per heavy atom. The molecule has 0 saturated carbocycles. The normalized spacial score (nSPS) is 21.8. The van der Waals surface area contributed by atoms with Gasteiger partial charge in [-0.25, -0.2) is 9.36 Å². The SMILES string of the molecule is C=C[C@@]1(COP(=O)(N[C@@H](C)C(=O)OCc2ccccc2)Oc2cccc3ccccc23)C[C@@H](O)[C@H](n2ccc(N)nc2=O)O1. The lowest BCUT2D eigenvalue weighted by molar-refractivity contribution is -0.146. The fourth-order valence-corrected chi connectivity index (χ4v) is 6.37. The van der Waals surface area contributed by atoms with Crippen molar-refractivity contribution in [3.8, 4) is 5.75 Å². The number of ether oxygens (including phenoxy) is 2. The summed E-state index contributed by atoms with van der Waals surface area (Å²) in [6.07, 6.45) is 0.387. The van der Waals surface area contributed by atoms with Crippen LogP contribution in [-0.4, -0.2) is 45.0 Å². The van der Waals surface area contributed by atoms with Crippen molar-refractivity contribution in [1.29, 1.82) is 0 Å². The van der Waals surface area contributed by atoms with E-state index in [1.54, 1.807) is 18.2 Å². The maximum Gasteiger partial charge on any atom is 0.459 e. The van der Waals surface area contributed by atoms with Crippen LogP contribution in [0.15, 0.2) is 103 Å². The van der Waals surface area contributed by atoms with Gasteiger partial charge in [0.15, 0.2) is 6.23 Å². The number of nitrogen functional groups attached to an aromatic ring is 1. The average molecular weight is 621 g/mol. The minimum atomic E-state index is -4.34. The summed E-state index contributed by atoms with van der Waals surface area (Å²) in [5.74, 6) is -0.410. The Bertz CT molecular complexity index is 1740. The first-order chi connectivity index (χ1) is 21.1. The lowest BCUT2D eigenvalue weighted by atomic mass is 10.0. The molecule has 0 amide bonds. The predicted octanol–water partition coefficient (Wildman–Crippen LogP) is 4.11. The predicted molar refractivity (Wildman–Crippen MR) is 164 cm³/mol. The number of hydrogen-bond donors (Lipinski definition) is 3. The number of aliphatic hydroxyl groups excluding tert-OH is 1. The highest BCUT2D eigenvalue weighted by Gasteiger charge is 2.47. The van der Waals surface area contributed by atoms with Crippen molar-refractivity contribution in [3.63, 3.8) is 0 Å². The molecule has 4 aromatic rings. The van der Waals surface area contributed by atoms with E-state index >= 15 is 0 Å².